The lowest BCUT2D eigenvalue weighted by atomic mass is 10.0. The van der Waals surface area contributed by atoms with Crippen LogP contribution in [0.25, 0.3) is 22.4 Å². The highest BCUT2D eigenvalue weighted by molar-refractivity contribution is 5.80. The SMILES string of the molecule is Nc1ccccc1CCCNc1nc(-c2ccncc2)c(-c2ccc(F)cc2)c(=O)[nH]1. The molecule has 4 rings (SSSR count). The van der Waals surface area contributed by atoms with E-state index < -0.39 is 0 Å². The molecular weight excluding hydrogens is 393 g/mol. The highest BCUT2D eigenvalue weighted by Crippen LogP contribution is 2.28. The Labute approximate surface area is 179 Å². The van der Waals surface area contributed by atoms with E-state index in [1.165, 1.54) is 12.1 Å². The number of aromatic nitrogens is 3. The second-order valence-electron chi connectivity index (χ2n) is 7.11. The van der Waals surface area contributed by atoms with Crippen molar-refractivity contribution >= 4 is 11.6 Å². The molecule has 0 fully saturated rings. The number of anilines is 2. The van der Waals surface area contributed by atoms with Crippen LogP contribution < -0.4 is 16.6 Å². The zero-order valence-corrected chi connectivity index (χ0v) is 16.8. The predicted octanol–water partition coefficient (Wildman–Crippen LogP) is 4.26. The van der Waals surface area contributed by atoms with Crippen molar-refractivity contribution in [2.75, 3.05) is 17.6 Å². The number of H-pyrrole nitrogens is 1. The molecule has 7 heteroatoms. The third kappa shape index (κ3) is 4.78. The lowest BCUT2D eigenvalue weighted by Gasteiger charge is -2.12. The largest absolute Gasteiger partial charge is 0.399 e. The van der Waals surface area contributed by atoms with Crippen LogP contribution in [0.3, 0.4) is 0 Å². The molecule has 2 aromatic carbocycles. The number of pyridine rings is 1. The number of nitrogens with one attached hydrogen (secondary N) is 2. The van der Waals surface area contributed by atoms with Gasteiger partial charge in [-0.05, 0) is 54.3 Å². The van der Waals surface area contributed by atoms with E-state index in [1.54, 1.807) is 36.7 Å². The number of aryl methyl sites for hydroxylation is 1. The fraction of sp³-hybridized carbons (Fsp3) is 0.125. The zero-order valence-electron chi connectivity index (χ0n) is 16.8. The molecule has 0 saturated heterocycles. The van der Waals surface area contributed by atoms with E-state index in [-0.39, 0.29) is 11.4 Å². The van der Waals surface area contributed by atoms with Crippen LogP contribution in [-0.2, 0) is 6.42 Å². The van der Waals surface area contributed by atoms with E-state index in [2.05, 4.69) is 20.3 Å². The first-order valence-corrected chi connectivity index (χ1v) is 10.00. The fourth-order valence-electron chi connectivity index (χ4n) is 3.41. The number of nitrogens with zero attached hydrogens (tertiary/aromatic N) is 2. The summed E-state index contributed by atoms with van der Waals surface area (Å²) in [4.78, 5) is 24.4. The van der Waals surface area contributed by atoms with Crippen LogP contribution in [0.5, 0.6) is 0 Å². The average molecular weight is 415 g/mol. The topological polar surface area (TPSA) is 96.7 Å². The Morgan fingerprint density at radius 2 is 1.71 bits per heavy atom. The molecule has 2 aromatic heterocycles. The number of para-hydroxylation sites is 1. The lowest BCUT2D eigenvalue weighted by Crippen LogP contribution is -2.17. The van der Waals surface area contributed by atoms with Gasteiger partial charge in [0.2, 0.25) is 5.95 Å². The number of rotatable bonds is 7. The molecule has 0 saturated carbocycles. The Balaban J connectivity index is 1.60. The van der Waals surface area contributed by atoms with Gasteiger partial charge in [0, 0.05) is 30.2 Å². The van der Waals surface area contributed by atoms with E-state index in [9.17, 15) is 9.18 Å². The van der Waals surface area contributed by atoms with Gasteiger partial charge >= 0.3 is 0 Å². The van der Waals surface area contributed by atoms with Crippen molar-refractivity contribution in [2.45, 2.75) is 12.8 Å². The van der Waals surface area contributed by atoms with Gasteiger partial charge < -0.3 is 11.1 Å². The number of halogens is 1. The monoisotopic (exact) mass is 415 g/mol. The van der Waals surface area contributed by atoms with Crippen LogP contribution in [0.4, 0.5) is 16.0 Å². The summed E-state index contributed by atoms with van der Waals surface area (Å²) in [6, 6.07) is 17.1. The summed E-state index contributed by atoms with van der Waals surface area (Å²) >= 11 is 0. The molecule has 4 aromatic rings. The Morgan fingerprint density at radius 1 is 0.968 bits per heavy atom. The normalized spacial score (nSPS) is 10.7. The van der Waals surface area contributed by atoms with Gasteiger partial charge in [-0.3, -0.25) is 14.8 Å². The van der Waals surface area contributed by atoms with E-state index in [0.29, 0.717) is 29.3 Å². The molecule has 0 radical (unpaired) electrons. The summed E-state index contributed by atoms with van der Waals surface area (Å²) < 4.78 is 13.4. The summed E-state index contributed by atoms with van der Waals surface area (Å²) in [5.74, 6) is 0.0136. The van der Waals surface area contributed by atoms with Crippen LogP contribution in [0.1, 0.15) is 12.0 Å². The third-order valence-electron chi connectivity index (χ3n) is 4.98. The van der Waals surface area contributed by atoms with E-state index >= 15 is 0 Å². The van der Waals surface area contributed by atoms with Gasteiger partial charge in [-0.1, -0.05) is 30.3 Å². The number of benzene rings is 2. The number of aromatic amines is 1. The highest BCUT2D eigenvalue weighted by atomic mass is 19.1. The van der Waals surface area contributed by atoms with Crippen LogP contribution in [0.15, 0.2) is 77.9 Å². The van der Waals surface area contributed by atoms with Crippen LogP contribution in [0.2, 0.25) is 0 Å². The molecule has 0 aliphatic rings. The molecule has 0 bridgehead atoms. The molecule has 2 heterocycles. The Hall–Kier alpha value is -4.00. The minimum atomic E-state index is -0.365. The van der Waals surface area contributed by atoms with Crippen molar-refractivity contribution in [3.63, 3.8) is 0 Å². The first kappa shape index (κ1) is 20.3. The number of hydrogen-bond acceptors (Lipinski definition) is 5. The molecule has 4 N–H and O–H groups in total. The Morgan fingerprint density at radius 3 is 2.45 bits per heavy atom. The lowest BCUT2D eigenvalue weighted by molar-refractivity contribution is 0.628. The van der Waals surface area contributed by atoms with Gasteiger partial charge in [0.1, 0.15) is 5.82 Å². The van der Waals surface area contributed by atoms with Gasteiger partial charge in [-0.25, -0.2) is 9.37 Å². The van der Waals surface area contributed by atoms with Crippen LogP contribution in [-0.4, -0.2) is 21.5 Å². The zero-order chi connectivity index (χ0) is 21.6. The van der Waals surface area contributed by atoms with E-state index in [4.69, 9.17) is 5.73 Å². The van der Waals surface area contributed by atoms with Gasteiger partial charge in [0.05, 0.1) is 11.3 Å². The molecule has 6 nitrogen and oxygen atoms in total. The van der Waals surface area contributed by atoms with Gasteiger partial charge in [0.25, 0.3) is 5.56 Å². The molecule has 0 amide bonds. The standard InChI is InChI=1S/C24H22FN5O/c25-19-9-7-17(8-10-19)21-22(18-11-14-27-15-12-18)29-24(30-23(21)31)28-13-3-5-16-4-1-2-6-20(16)26/h1-2,4,6-12,14-15H,3,5,13,26H2,(H2,28,29,30,31). The number of nitrogens with two attached hydrogens (primary N) is 1. The van der Waals surface area contributed by atoms with Crippen LogP contribution in [0, 0.1) is 5.82 Å². The molecule has 31 heavy (non-hydrogen) atoms. The molecule has 0 aliphatic heterocycles. The van der Waals surface area contributed by atoms with Crippen molar-refractivity contribution in [3.05, 3.63) is 94.8 Å². The Kier molecular flexibility index (Phi) is 6.03. The Bertz CT molecular complexity index is 1220. The smallest absolute Gasteiger partial charge is 0.260 e. The molecule has 0 atom stereocenters. The predicted molar refractivity (Wildman–Crippen MR) is 121 cm³/mol. The van der Waals surface area contributed by atoms with E-state index in [0.717, 1.165) is 29.7 Å². The molecule has 156 valence electrons. The molecular formula is C24H22FN5O. The van der Waals surface area contributed by atoms with Gasteiger partial charge in [-0.15, -0.1) is 0 Å². The van der Waals surface area contributed by atoms with Crippen molar-refractivity contribution in [1.29, 1.82) is 0 Å². The van der Waals surface area contributed by atoms with E-state index in [1.807, 2.05) is 24.3 Å². The summed E-state index contributed by atoms with van der Waals surface area (Å²) in [5, 5.41) is 3.19. The second kappa shape index (κ2) is 9.21. The third-order valence-corrected chi connectivity index (χ3v) is 4.98. The number of nitrogen functional groups attached to an aromatic ring is 1. The minimum absolute atomic E-state index is 0.303. The summed E-state index contributed by atoms with van der Waals surface area (Å²) in [5.41, 5.74) is 9.79. The quantitative estimate of drug-likeness (QED) is 0.309. The maximum Gasteiger partial charge on any atom is 0.260 e. The van der Waals surface area contributed by atoms with Crippen molar-refractivity contribution in [2.24, 2.45) is 0 Å². The first-order valence-electron chi connectivity index (χ1n) is 10.00. The van der Waals surface area contributed by atoms with Crippen molar-refractivity contribution < 1.29 is 4.39 Å². The summed E-state index contributed by atoms with van der Waals surface area (Å²) in [7, 11) is 0. The van der Waals surface area contributed by atoms with Gasteiger partial charge in [0.15, 0.2) is 0 Å². The summed E-state index contributed by atoms with van der Waals surface area (Å²) in [6.07, 6.45) is 4.92. The number of hydrogen-bond donors (Lipinski definition) is 3. The van der Waals surface area contributed by atoms with Crippen LogP contribution >= 0.6 is 0 Å². The summed E-state index contributed by atoms with van der Waals surface area (Å²) in [6.45, 7) is 0.614. The van der Waals surface area contributed by atoms with Crippen molar-refractivity contribution in [1.82, 2.24) is 15.0 Å². The molecule has 0 spiro atoms. The minimum Gasteiger partial charge on any atom is -0.399 e. The molecule has 0 aliphatic carbocycles. The second-order valence-corrected chi connectivity index (χ2v) is 7.11. The highest BCUT2D eigenvalue weighted by Gasteiger charge is 2.15. The average Bonchev–Trinajstić information content (AvgIpc) is 2.79. The maximum atomic E-state index is 13.4. The maximum absolute atomic E-state index is 13.4. The fourth-order valence-corrected chi connectivity index (χ4v) is 3.41. The molecule has 0 unspecified atom stereocenters. The van der Waals surface area contributed by atoms with Gasteiger partial charge in [-0.2, -0.15) is 0 Å². The van der Waals surface area contributed by atoms with Crippen molar-refractivity contribution in [3.8, 4) is 22.4 Å². The first-order chi connectivity index (χ1) is 15.1.